The lowest BCUT2D eigenvalue weighted by molar-refractivity contribution is -0.126. The van der Waals surface area contributed by atoms with E-state index in [0.29, 0.717) is 6.54 Å². The van der Waals surface area contributed by atoms with Crippen LogP contribution in [0.25, 0.3) is 10.8 Å². The minimum absolute atomic E-state index is 0.146. The SMILES string of the molecule is C=CCNC(=O)[C@H](C)Oc1cccc2ccccc12. The quantitative estimate of drug-likeness (QED) is 0.834. The van der Waals surface area contributed by atoms with Crippen molar-refractivity contribution in [3.05, 3.63) is 55.1 Å². The molecule has 0 aromatic heterocycles. The number of amides is 1. The molecular formula is C16H17NO2. The molecule has 0 aliphatic heterocycles. The van der Waals surface area contributed by atoms with Crippen molar-refractivity contribution >= 4 is 16.7 Å². The van der Waals surface area contributed by atoms with Gasteiger partial charge in [-0.15, -0.1) is 6.58 Å². The van der Waals surface area contributed by atoms with E-state index in [0.717, 1.165) is 16.5 Å². The summed E-state index contributed by atoms with van der Waals surface area (Å²) in [5, 5.41) is 4.82. The highest BCUT2D eigenvalue weighted by Gasteiger charge is 2.14. The van der Waals surface area contributed by atoms with Crippen LogP contribution in [0, 0.1) is 0 Å². The van der Waals surface area contributed by atoms with Crippen LogP contribution in [-0.2, 0) is 4.79 Å². The molecule has 2 aromatic carbocycles. The predicted molar refractivity (Wildman–Crippen MR) is 77.2 cm³/mol. The molecule has 0 unspecified atom stereocenters. The van der Waals surface area contributed by atoms with E-state index in [1.807, 2.05) is 42.5 Å². The van der Waals surface area contributed by atoms with Gasteiger partial charge >= 0.3 is 0 Å². The van der Waals surface area contributed by atoms with E-state index >= 15 is 0 Å². The minimum Gasteiger partial charge on any atom is -0.480 e. The first-order chi connectivity index (χ1) is 9.22. The third kappa shape index (κ3) is 3.13. The molecule has 0 saturated carbocycles. The van der Waals surface area contributed by atoms with Crippen LogP contribution < -0.4 is 10.1 Å². The highest BCUT2D eigenvalue weighted by Crippen LogP contribution is 2.25. The number of ether oxygens (including phenoxy) is 1. The van der Waals surface area contributed by atoms with Crippen LogP contribution in [0.5, 0.6) is 5.75 Å². The molecule has 2 aromatic rings. The molecule has 2 rings (SSSR count). The summed E-state index contributed by atoms with van der Waals surface area (Å²) >= 11 is 0. The van der Waals surface area contributed by atoms with Gasteiger partial charge in [0.15, 0.2) is 6.10 Å². The van der Waals surface area contributed by atoms with Gasteiger partial charge in [0.25, 0.3) is 5.91 Å². The molecule has 3 nitrogen and oxygen atoms in total. The first-order valence-electron chi connectivity index (χ1n) is 6.25. The Bertz CT molecular complexity index is 587. The van der Waals surface area contributed by atoms with Crippen LogP contribution in [0.3, 0.4) is 0 Å². The average Bonchev–Trinajstić information content (AvgIpc) is 2.45. The van der Waals surface area contributed by atoms with Crippen molar-refractivity contribution in [1.82, 2.24) is 5.32 Å². The Kier molecular flexibility index (Phi) is 4.18. The first kappa shape index (κ1) is 13.1. The molecule has 19 heavy (non-hydrogen) atoms. The number of hydrogen-bond acceptors (Lipinski definition) is 2. The van der Waals surface area contributed by atoms with Crippen molar-refractivity contribution in [2.24, 2.45) is 0 Å². The van der Waals surface area contributed by atoms with Crippen LogP contribution in [0.4, 0.5) is 0 Å². The maximum absolute atomic E-state index is 11.8. The summed E-state index contributed by atoms with van der Waals surface area (Å²) in [7, 11) is 0. The number of hydrogen-bond donors (Lipinski definition) is 1. The fraction of sp³-hybridized carbons (Fsp3) is 0.188. The van der Waals surface area contributed by atoms with E-state index < -0.39 is 6.10 Å². The van der Waals surface area contributed by atoms with E-state index in [1.54, 1.807) is 13.0 Å². The Morgan fingerprint density at radius 1 is 1.32 bits per heavy atom. The number of benzene rings is 2. The van der Waals surface area contributed by atoms with E-state index in [9.17, 15) is 4.79 Å². The van der Waals surface area contributed by atoms with E-state index in [4.69, 9.17) is 4.74 Å². The molecular weight excluding hydrogens is 238 g/mol. The van der Waals surface area contributed by atoms with Gasteiger partial charge in [0.05, 0.1) is 0 Å². The zero-order valence-electron chi connectivity index (χ0n) is 10.9. The first-order valence-corrected chi connectivity index (χ1v) is 6.25. The van der Waals surface area contributed by atoms with E-state index in [1.165, 1.54) is 0 Å². The summed E-state index contributed by atoms with van der Waals surface area (Å²) in [6.45, 7) is 5.74. The van der Waals surface area contributed by atoms with Crippen molar-refractivity contribution in [1.29, 1.82) is 0 Å². The third-order valence-corrected chi connectivity index (χ3v) is 2.84. The van der Waals surface area contributed by atoms with Gasteiger partial charge in [-0.3, -0.25) is 4.79 Å². The molecule has 0 spiro atoms. The van der Waals surface area contributed by atoms with E-state index in [-0.39, 0.29) is 5.91 Å². The molecule has 0 fully saturated rings. The van der Waals surface area contributed by atoms with Gasteiger partial charge in [-0.1, -0.05) is 42.5 Å². The fourth-order valence-corrected chi connectivity index (χ4v) is 1.86. The van der Waals surface area contributed by atoms with Crippen molar-refractivity contribution < 1.29 is 9.53 Å². The second-order valence-electron chi connectivity index (χ2n) is 4.27. The van der Waals surface area contributed by atoms with Gasteiger partial charge in [0.1, 0.15) is 5.75 Å². The standard InChI is InChI=1S/C16H17NO2/c1-3-11-17-16(18)12(2)19-15-10-6-8-13-7-4-5-9-14(13)15/h3-10,12H,1,11H2,2H3,(H,17,18)/t12-/m0/s1. The molecule has 0 bridgehead atoms. The van der Waals surface area contributed by atoms with Gasteiger partial charge in [-0.2, -0.15) is 0 Å². The average molecular weight is 255 g/mol. The number of carbonyl (C=O) groups is 1. The molecule has 1 N–H and O–H groups in total. The van der Waals surface area contributed by atoms with Crippen molar-refractivity contribution in [2.75, 3.05) is 6.54 Å². The molecule has 0 saturated heterocycles. The number of rotatable bonds is 5. The Hall–Kier alpha value is -2.29. The minimum atomic E-state index is -0.536. The molecule has 0 aliphatic rings. The predicted octanol–water partition coefficient (Wildman–Crippen LogP) is 2.91. The number of fused-ring (bicyclic) bond motifs is 1. The molecule has 1 amide bonds. The zero-order chi connectivity index (χ0) is 13.7. The Morgan fingerprint density at radius 3 is 2.84 bits per heavy atom. The molecule has 1 atom stereocenters. The van der Waals surface area contributed by atoms with Crippen LogP contribution >= 0.6 is 0 Å². The lowest BCUT2D eigenvalue weighted by Crippen LogP contribution is -2.36. The van der Waals surface area contributed by atoms with Crippen LogP contribution in [0.2, 0.25) is 0 Å². The van der Waals surface area contributed by atoms with Crippen LogP contribution in [0.1, 0.15) is 6.92 Å². The Labute approximate surface area is 112 Å². The van der Waals surface area contributed by atoms with Crippen LogP contribution in [-0.4, -0.2) is 18.6 Å². The maximum Gasteiger partial charge on any atom is 0.261 e. The molecule has 0 heterocycles. The summed E-state index contributed by atoms with van der Waals surface area (Å²) < 4.78 is 5.74. The van der Waals surface area contributed by atoms with Gasteiger partial charge in [0, 0.05) is 11.9 Å². The number of nitrogens with one attached hydrogen (secondary N) is 1. The van der Waals surface area contributed by atoms with Crippen molar-refractivity contribution in [3.63, 3.8) is 0 Å². The molecule has 0 radical (unpaired) electrons. The van der Waals surface area contributed by atoms with Gasteiger partial charge in [0.2, 0.25) is 0 Å². The summed E-state index contributed by atoms with van der Waals surface area (Å²) in [6.07, 6.45) is 1.11. The molecule has 98 valence electrons. The Morgan fingerprint density at radius 2 is 2.05 bits per heavy atom. The van der Waals surface area contributed by atoms with Crippen molar-refractivity contribution in [2.45, 2.75) is 13.0 Å². The Balaban J connectivity index is 2.17. The highest BCUT2D eigenvalue weighted by atomic mass is 16.5. The summed E-state index contributed by atoms with van der Waals surface area (Å²) in [6, 6.07) is 13.8. The monoisotopic (exact) mass is 255 g/mol. The molecule has 3 heteroatoms. The lowest BCUT2D eigenvalue weighted by atomic mass is 10.1. The lowest BCUT2D eigenvalue weighted by Gasteiger charge is -2.15. The smallest absolute Gasteiger partial charge is 0.261 e. The summed E-state index contributed by atoms with van der Waals surface area (Å²) in [5.41, 5.74) is 0. The number of carbonyl (C=O) groups excluding carboxylic acids is 1. The molecule has 0 aliphatic carbocycles. The van der Waals surface area contributed by atoms with Gasteiger partial charge in [-0.05, 0) is 18.4 Å². The third-order valence-electron chi connectivity index (χ3n) is 2.84. The second-order valence-corrected chi connectivity index (χ2v) is 4.27. The summed E-state index contributed by atoms with van der Waals surface area (Å²) in [5.74, 6) is 0.576. The highest BCUT2D eigenvalue weighted by molar-refractivity contribution is 5.89. The normalized spacial score (nSPS) is 11.8. The largest absolute Gasteiger partial charge is 0.480 e. The van der Waals surface area contributed by atoms with Gasteiger partial charge < -0.3 is 10.1 Å². The summed E-state index contributed by atoms with van der Waals surface area (Å²) in [4.78, 5) is 11.8. The maximum atomic E-state index is 11.8. The van der Waals surface area contributed by atoms with E-state index in [2.05, 4.69) is 11.9 Å². The second kappa shape index (κ2) is 6.05. The zero-order valence-corrected chi connectivity index (χ0v) is 10.9. The topological polar surface area (TPSA) is 38.3 Å². The fourth-order valence-electron chi connectivity index (χ4n) is 1.86. The van der Waals surface area contributed by atoms with Gasteiger partial charge in [-0.25, -0.2) is 0 Å². The van der Waals surface area contributed by atoms with Crippen LogP contribution in [0.15, 0.2) is 55.1 Å². The van der Waals surface area contributed by atoms with Crippen molar-refractivity contribution in [3.8, 4) is 5.75 Å².